The summed E-state index contributed by atoms with van der Waals surface area (Å²) in [6.07, 6.45) is 0. The molecule has 0 aliphatic heterocycles. The van der Waals surface area contributed by atoms with E-state index in [1.807, 2.05) is 6.07 Å². The maximum atomic E-state index is 11.9. The second kappa shape index (κ2) is 5.42. The standard InChI is InChI=1S/C13H9BrClNO2/c14-8-2-1-3-10(6-8)16-13(18)11-5-4-9(15)7-12(11)17/h1-7,17H,(H,16,18). The Morgan fingerprint density at radius 2 is 2.00 bits per heavy atom. The summed E-state index contributed by atoms with van der Waals surface area (Å²) in [6, 6.07) is 11.6. The molecule has 2 rings (SSSR count). The lowest BCUT2D eigenvalue weighted by atomic mass is 10.2. The third-order valence-corrected chi connectivity index (χ3v) is 3.02. The number of carbonyl (C=O) groups is 1. The molecule has 18 heavy (non-hydrogen) atoms. The largest absolute Gasteiger partial charge is 0.507 e. The van der Waals surface area contributed by atoms with Gasteiger partial charge in [-0.1, -0.05) is 33.6 Å². The highest BCUT2D eigenvalue weighted by Gasteiger charge is 2.11. The van der Waals surface area contributed by atoms with Crippen LogP contribution in [0.5, 0.6) is 5.75 Å². The van der Waals surface area contributed by atoms with Gasteiger partial charge in [0.1, 0.15) is 5.75 Å². The van der Waals surface area contributed by atoms with Gasteiger partial charge < -0.3 is 10.4 Å². The van der Waals surface area contributed by atoms with Crippen molar-refractivity contribution < 1.29 is 9.90 Å². The molecule has 0 aliphatic rings. The predicted molar refractivity (Wildman–Crippen MR) is 75.2 cm³/mol. The molecule has 0 heterocycles. The molecule has 1 amide bonds. The van der Waals surface area contributed by atoms with Crippen LogP contribution in [0.4, 0.5) is 5.69 Å². The van der Waals surface area contributed by atoms with Crippen molar-refractivity contribution in [3.8, 4) is 5.75 Å². The first-order valence-electron chi connectivity index (χ1n) is 5.12. The summed E-state index contributed by atoms with van der Waals surface area (Å²) in [5.74, 6) is -0.530. The van der Waals surface area contributed by atoms with E-state index < -0.39 is 0 Å². The normalized spacial score (nSPS) is 10.1. The van der Waals surface area contributed by atoms with Crippen LogP contribution in [0.3, 0.4) is 0 Å². The van der Waals surface area contributed by atoms with Crippen molar-refractivity contribution in [1.82, 2.24) is 0 Å². The molecule has 0 saturated carbocycles. The van der Waals surface area contributed by atoms with Crippen molar-refractivity contribution >= 4 is 39.1 Å². The minimum absolute atomic E-state index is 0.144. The quantitative estimate of drug-likeness (QED) is 0.874. The third kappa shape index (κ3) is 3.03. The van der Waals surface area contributed by atoms with Crippen LogP contribution >= 0.6 is 27.5 Å². The molecule has 0 spiro atoms. The molecule has 0 aliphatic carbocycles. The summed E-state index contributed by atoms with van der Waals surface area (Å²) < 4.78 is 0.862. The Bertz CT molecular complexity index is 601. The number of nitrogens with one attached hydrogen (secondary N) is 1. The highest BCUT2D eigenvalue weighted by atomic mass is 79.9. The van der Waals surface area contributed by atoms with Gasteiger partial charge in [0, 0.05) is 15.2 Å². The molecule has 0 bridgehead atoms. The SMILES string of the molecule is O=C(Nc1cccc(Br)c1)c1ccc(Cl)cc1O. The molecular formula is C13H9BrClNO2. The number of halogens is 2. The van der Waals surface area contributed by atoms with Crippen LogP contribution in [0.15, 0.2) is 46.9 Å². The number of carbonyl (C=O) groups excluding carboxylic acids is 1. The lowest BCUT2D eigenvalue weighted by Gasteiger charge is -2.07. The summed E-state index contributed by atoms with van der Waals surface area (Å²) in [6.45, 7) is 0. The van der Waals surface area contributed by atoms with Crippen molar-refractivity contribution in [1.29, 1.82) is 0 Å². The fourth-order valence-electron chi connectivity index (χ4n) is 1.46. The zero-order valence-corrected chi connectivity index (χ0v) is 11.5. The number of phenols is 1. The van der Waals surface area contributed by atoms with Gasteiger partial charge in [-0.25, -0.2) is 0 Å². The Balaban J connectivity index is 2.22. The zero-order valence-electron chi connectivity index (χ0n) is 9.15. The number of hydrogen-bond donors (Lipinski definition) is 2. The number of rotatable bonds is 2. The van der Waals surface area contributed by atoms with E-state index >= 15 is 0 Å². The maximum Gasteiger partial charge on any atom is 0.259 e. The van der Waals surface area contributed by atoms with Gasteiger partial charge in [0.15, 0.2) is 0 Å². The van der Waals surface area contributed by atoms with Gasteiger partial charge in [0.25, 0.3) is 5.91 Å². The average molecular weight is 327 g/mol. The lowest BCUT2D eigenvalue weighted by Crippen LogP contribution is -2.11. The van der Waals surface area contributed by atoms with E-state index in [9.17, 15) is 9.90 Å². The van der Waals surface area contributed by atoms with E-state index in [1.165, 1.54) is 12.1 Å². The number of amides is 1. The van der Waals surface area contributed by atoms with E-state index in [4.69, 9.17) is 11.6 Å². The molecule has 3 nitrogen and oxygen atoms in total. The fraction of sp³-hybridized carbons (Fsp3) is 0. The van der Waals surface area contributed by atoms with Crippen LogP contribution in [0.1, 0.15) is 10.4 Å². The second-order valence-electron chi connectivity index (χ2n) is 3.63. The summed E-state index contributed by atoms with van der Waals surface area (Å²) in [4.78, 5) is 11.9. The summed E-state index contributed by atoms with van der Waals surface area (Å²) in [5.41, 5.74) is 0.822. The Labute approximate surface area is 118 Å². The molecule has 0 fully saturated rings. The van der Waals surface area contributed by atoms with E-state index in [0.717, 1.165) is 4.47 Å². The smallest absolute Gasteiger partial charge is 0.259 e. The lowest BCUT2D eigenvalue weighted by molar-refractivity contribution is 0.102. The first-order chi connectivity index (χ1) is 8.56. The van der Waals surface area contributed by atoms with Crippen molar-refractivity contribution in [3.63, 3.8) is 0 Å². The van der Waals surface area contributed by atoms with E-state index in [2.05, 4.69) is 21.2 Å². The van der Waals surface area contributed by atoms with Gasteiger partial charge in [-0.2, -0.15) is 0 Å². The van der Waals surface area contributed by atoms with Crippen LogP contribution in [-0.4, -0.2) is 11.0 Å². The average Bonchev–Trinajstić information content (AvgIpc) is 2.28. The van der Waals surface area contributed by atoms with Crippen LogP contribution < -0.4 is 5.32 Å². The molecule has 0 aromatic heterocycles. The topological polar surface area (TPSA) is 49.3 Å². The van der Waals surface area contributed by atoms with Gasteiger partial charge in [0.2, 0.25) is 0 Å². The highest BCUT2D eigenvalue weighted by Crippen LogP contribution is 2.23. The van der Waals surface area contributed by atoms with E-state index in [0.29, 0.717) is 10.7 Å². The molecule has 0 radical (unpaired) electrons. The van der Waals surface area contributed by atoms with Crippen LogP contribution in [0, 0.1) is 0 Å². The fourth-order valence-corrected chi connectivity index (χ4v) is 2.03. The molecular weight excluding hydrogens is 318 g/mol. The molecule has 0 atom stereocenters. The van der Waals surface area contributed by atoms with E-state index in [1.54, 1.807) is 24.3 Å². The first-order valence-corrected chi connectivity index (χ1v) is 6.29. The Morgan fingerprint density at radius 3 is 2.67 bits per heavy atom. The minimum atomic E-state index is -0.387. The molecule has 5 heteroatoms. The van der Waals surface area contributed by atoms with E-state index in [-0.39, 0.29) is 17.2 Å². The van der Waals surface area contributed by atoms with Crippen molar-refractivity contribution in [2.75, 3.05) is 5.32 Å². The predicted octanol–water partition coefficient (Wildman–Crippen LogP) is 4.06. The number of anilines is 1. The van der Waals surface area contributed by atoms with Gasteiger partial charge >= 0.3 is 0 Å². The Hall–Kier alpha value is -1.52. The Kier molecular flexibility index (Phi) is 3.89. The number of aromatic hydroxyl groups is 1. The highest BCUT2D eigenvalue weighted by molar-refractivity contribution is 9.10. The molecule has 0 saturated heterocycles. The number of benzene rings is 2. The van der Waals surface area contributed by atoms with Gasteiger partial charge in [-0.15, -0.1) is 0 Å². The van der Waals surface area contributed by atoms with Crippen LogP contribution in [-0.2, 0) is 0 Å². The van der Waals surface area contributed by atoms with Crippen LogP contribution in [0.2, 0.25) is 5.02 Å². The van der Waals surface area contributed by atoms with Gasteiger partial charge in [-0.3, -0.25) is 4.79 Å². The van der Waals surface area contributed by atoms with Crippen molar-refractivity contribution in [3.05, 3.63) is 57.5 Å². The molecule has 2 N–H and O–H groups in total. The number of hydrogen-bond acceptors (Lipinski definition) is 2. The van der Waals surface area contributed by atoms with Crippen LogP contribution in [0.25, 0.3) is 0 Å². The molecule has 0 unspecified atom stereocenters. The monoisotopic (exact) mass is 325 g/mol. The zero-order chi connectivity index (χ0) is 13.1. The third-order valence-electron chi connectivity index (χ3n) is 2.29. The van der Waals surface area contributed by atoms with Gasteiger partial charge in [0.05, 0.1) is 5.56 Å². The molecule has 2 aromatic rings. The first kappa shape index (κ1) is 12.9. The summed E-state index contributed by atoms with van der Waals surface area (Å²) in [7, 11) is 0. The summed E-state index contributed by atoms with van der Waals surface area (Å²) >= 11 is 9.02. The Morgan fingerprint density at radius 1 is 1.22 bits per heavy atom. The number of phenolic OH excluding ortho intramolecular Hbond substituents is 1. The summed E-state index contributed by atoms with van der Waals surface area (Å²) in [5, 5.41) is 12.7. The maximum absolute atomic E-state index is 11.9. The van der Waals surface area contributed by atoms with Crippen molar-refractivity contribution in [2.24, 2.45) is 0 Å². The second-order valence-corrected chi connectivity index (χ2v) is 4.98. The minimum Gasteiger partial charge on any atom is -0.507 e. The van der Waals surface area contributed by atoms with Gasteiger partial charge in [-0.05, 0) is 36.4 Å². The molecule has 92 valence electrons. The van der Waals surface area contributed by atoms with Crippen molar-refractivity contribution in [2.45, 2.75) is 0 Å². The molecule has 2 aromatic carbocycles.